The van der Waals surface area contributed by atoms with Gasteiger partial charge in [-0.1, -0.05) is 146 Å². The summed E-state index contributed by atoms with van der Waals surface area (Å²) in [4.78, 5) is 29.2. The average molecular weight is 961 g/mol. The van der Waals surface area contributed by atoms with Gasteiger partial charge in [0.05, 0.1) is 16.7 Å². The lowest BCUT2D eigenvalue weighted by atomic mass is 10.0. The Morgan fingerprint density at radius 2 is 0.787 bits per heavy atom. The summed E-state index contributed by atoms with van der Waals surface area (Å²) in [5.41, 5.74) is 12.0. The molecule has 0 radical (unpaired) electrons. The molecule has 14 rings (SSSR count). The highest BCUT2D eigenvalue weighted by Crippen LogP contribution is 2.47. The smallest absolute Gasteiger partial charge is 0.164 e. The van der Waals surface area contributed by atoms with Crippen LogP contribution in [0.1, 0.15) is 0 Å². The number of pyridine rings is 2. The van der Waals surface area contributed by atoms with E-state index >= 15 is 0 Å². The van der Waals surface area contributed by atoms with Crippen molar-refractivity contribution >= 4 is 88.2 Å². The van der Waals surface area contributed by atoms with Gasteiger partial charge >= 0.3 is 0 Å². The van der Waals surface area contributed by atoms with Crippen molar-refractivity contribution in [3.63, 3.8) is 0 Å². The lowest BCUT2D eigenvalue weighted by molar-refractivity contribution is 1.07. The molecule has 10 aromatic carbocycles. The van der Waals surface area contributed by atoms with Crippen molar-refractivity contribution in [2.45, 2.75) is 0 Å². The number of nitrogens with zero attached hydrogens (tertiary/aromatic N) is 8. The molecule has 4 aromatic heterocycles. The summed E-state index contributed by atoms with van der Waals surface area (Å²) in [6, 6.07) is 85.5. The normalized spacial score (nSPS) is 11.5. The maximum Gasteiger partial charge on any atom is 0.164 e. The molecule has 0 amide bonds. The van der Waals surface area contributed by atoms with E-state index in [2.05, 4.69) is 267 Å². The summed E-state index contributed by atoms with van der Waals surface area (Å²) < 4.78 is 2.42. The maximum atomic E-state index is 5.29. The molecule has 8 nitrogen and oxygen atoms in total. The van der Waals surface area contributed by atoms with Crippen LogP contribution in [-0.4, -0.2) is 29.5 Å². The van der Waals surface area contributed by atoms with E-state index in [0.717, 1.165) is 111 Å². The van der Waals surface area contributed by atoms with E-state index in [1.807, 2.05) is 24.8 Å². The summed E-state index contributed by atoms with van der Waals surface area (Å²) >= 11 is 0. The second-order valence-electron chi connectivity index (χ2n) is 18.6. The predicted octanol–water partition coefficient (Wildman–Crippen LogP) is 17.2. The number of fused-ring (bicyclic) bond motifs is 7. The van der Waals surface area contributed by atoms with E-state index in [4.69, 9.17) is 15.0 Å². The number of anilines is 6. The van der Waals surface area contributed by atoms with Crippen LogP contribution in [0.4, 0.5) is 34.1 Å². The molecule has 4 heterocycles. The van der Waals surface area contributed by atoms with Crippen molar-refractivity contribution in [1.29, 1.82) is 0 Å². The molecule has 75 heavy (non-hydrogen) atoms. The van der Waals surface area contributed by atoms with Crippen LogP contribution in [-0.2, 0) is 0 Å². The molecule has 0 aliphatic heterocycles. The number of benzene rings is 10. The first-order valence-electron chi connectivity index (χ1n) is 25.0. The molecule has 0 unspecified atom stereocenters. The number of aromatic nitrogens is 6. The van der Waals surface area contributed by atoms with Gasteiger partial charge in [0.15, 0.2) is 17.5 Å². The SMILES string of the molecule is c1ccc(N(c2ccncc2)c2ccc3c(c2)c2cc(N(c4ccccc4)c4ccncc4)c4ccccc4c2n3-c2cccc(-c3nc(-c4ccc5ccccc5c4)nc(-c4ccc5ccccc5c4)n3)c2)cc1. The third-order valence-electron chi connectivity index (χ3n) is 14.1. The van der Waals surface area contributed by atoms with Crippen molar-refractivity contribution in [2.24, 2.45) is 0 Å². The fourth-order valence-electron chi connectivity index (χ4n) is 10.7. The number of rotatable bonds is 10. The van der Waals surface area contributed by atoms with Gasteiger partial charge in [-0.25, -0.2) is 15.0 Å². The summed E-state index contributed by atoms with van der Waals surface area (Å²) in [7, 11) is 0. The summed E-state index contributed by atoms with van der Waals surface area (Å²) in [5.74, 6) is 1.80. The summed E-state index contributed by atoms with van der Waals surface area (Å²) in [6.07, 6.45) is 7.41. The molecular weight excluding hydrogens is 917 g/mol. The van der Waals surface area contributed by atoms with E-state index in [1.165, 1.54) is 0 Å². The first kappa shape index (κ1) is 43.5. The van der Waals surface area contributed by atoms with Crippen molar-refractivity contribution in [3.8, 4) is 39.9 Å². The van der Waals surface area contributed by atoms with Crippen molar-refractivity contribution < 1.29 is 0 Å². The second kappa shape index (κ2) is 18.4. The molecule has 14 aromatic rings. The van der Waals surface area contributed by atoms with E-state index in [9.17, 15) is 0 Å². The molecule has 0 atom stereocenters. The van der Waals surface area contributed by atoms with Gasteiger partial charge in [0.1, 0.15) is 0 Å². The van der Waals surface area contributed by atoms with Crippen LogP contribution >= 0.6 is 0 Å². The number of para-hydroxylation sites is 2. The molecule has 0 fully saturated rings. The Morgan fingerprint density at radius 3 is 1.39 bits per heavy atom. The molecule has 352 valence electrons. The minimum Gasteiger partial charge on any atom is -0.310 e. The molecule has 8 heteroatoms. The van der Waals surface area contributed by atoms with Crippen LogP contribution in [0.2, 0.25) is 0 Å². The average Bonchev–Trinajstić information content (AvgIpc) is 3.82. The van der Waals surface area contributed by atoms with Crippen LogP contribution in [0.3, 0.4) is 0 Å². The van der Waals surface area contributed by atoms with Gasteiger partial charge in [-0.05, 0) is 119 Å². The third-order valence-corrected chi connectivity index (χ3v) is 14.1. The Labute approximate surface area is 432 Å². The molecule has 0 aliphatic rings. The Hall–Kier alpha value is -10.3. The Kier molecular flexibility index (Phi) is 10.7. The van der Waals surface area contributed by atoms with Crippen molar-refractivity contribution in [3.05, 3.63) is 267 Å². The monoisotopic (exact) mass is 960 g/mol. The standard InChI is InChI=1S/C67H44N8/c1-3-19-52(20-4-1)73(54-32-36-68-37-33-54)57-30-31-62-60(43-57)61-44-63(74(53-21-5-2-6-22-53)55-34-38-69-39-35-55)58-24-11-12-25-59(58)64(61)75(62)56-23-13-18-49(42-56)65-70-66(50-28-26-45-14-7-9-16-47(45)40-50)72-67(71-65)51-29-27-46-15-8-10-17-48(46)41-51/h1-44H. The van der Waals surface area contributed by atoms with Gasteiger partial charge in [0.2, 0.25) is 0 Å². The van der Waals surface area contributed by atoms with Crippen LogP contribution in [0, 0.1) is 0 Å². The van der Waals surface area contributed by atoms with E-state index in [1.54, 1.807) is 0 Å². The highest BCUT2D eigenvalue weighted by Gasteiger charge is 2.24. The first-order chi connectivity index (χ1) is 37.2. The zero-order valence-electron chi connectivity index (χ0n) is 40.5. The zero-order valence-corrected chi connectivity index (χ0v) is 40.5. The predicted molar refractivity (Wildman–Crippen MR) is 308 cm³/mol. The van der Waals surface area contributed by atoms with E-state index < -0.39 is 0 Å². The van der Waals surface area contributed by atoms with Gasteiger partial charge < -0.3 is 14.4 Å². The molecule has 0 spiro atoms. The molecule has 0 saturated carbocycles. The number of hydrogen-bond donors (Lipinski definition) is 0. The fraction of sp³-hybridized carbons (Fsp3) is 0. The van der Waals surface area contributed by atoms with Crippen LogP contribution in [0.5, 0.6) is 0 Å². The Balaban J connectivity index is 1.02. The van der Waals surface area contributed by atoms with Crippen molar-refractivity contribution in [2.75, 3.05) is 9.80 Å². The minimum absolute atomic E-state index is 0.583. The molecule has 0 aliphatic carbocycles. The van der Waals surface area contributed by atoms with Crippen LogP contribution in [0.15, 0.2) is 267 Å². The molecule has 0 saturated heterocycles. The summed E-state index contributed by atoms with van der Waals surface area (Å²) in [5, 5.41) is 8.96. The molecule has 0 N–H and O–H groups in total. The van der Waals surface area contributed by atoms with Gasteiger partial charge in [-0.15, -0.1) is 0 Å². The molecule has 0 bridgehead atoms. The maximum absolute atomic E-state index is 5.29. The third kappa shape index (κ3) is 7.85. The van der Waals surface area contributed by atoms with Crippen molar-refractivity contribution in [1.82, 2.24) is 29.5 Å². The van der Waals surface area contributed by atoms with Crippen LogP contribution < -0.4 is 9.80 Å². The molecular formula is C67H44N8. The Bertz CT molecular complexity index is 4250. The van der Waals surface area contributed by atoms with Crippen LogP contribution in [0.25, 0.3) is 94.0 Å². The number of hydrogen-bond acceptors (Lipinski definition) is 7. The topological polar surface area (TPSA) is 75.9 Å². The largest absolute Gasteiger partial charge is 0.310 e. The van der Waals surface area contributed by atoms with E-state index in [-0.39, 0.29) is 0 Å². The summed E-state index contributed by atoms with van der Waals surface area (Å²) in [6.45, 7) is 0. The fourth-order valence-corrected chi connectivity index (χ4v) is 10.7. The first-order valence-corrected chi connectivity index (χ1v) is 25.0. The lowest BCUT2D eigenvalue weighted by Crippen LogP contribution is -2.10. The van der Waals surface area contributed by atoms with Gasteiger partial charge in [-0.3, -0.25) is 9.97 Å². The Morgan fingerprint density at radius 1 is 0.293 bits per heavy atom. The highest BCUT2D eigenvalue weighted by atomic mass is 15.2. The van der Waals surface area contributed by atoms with Gasteiger partial charge in [-0.2, -0.15) is 0 Å². The minimum atomic E-state index is 0.583. The quantitative estimate of drug-likeness (QED) is 0.135. The van der Waals surface area contributed by atoms with Gasteiger partial charge in [0.25, 0.3) is 0 Å². The lowest BCUT2D eigenvalue weighted by Gasteiger charge is -2.27. The highest BCUT2D eigenvalue weighted by molar-refractivity contribution is 6.23. The zero-order chi connectivity index (χ0) is 49.7. The van der Waals surface area contributed by atoms with Gasteiger partial charge in [0, 0.05) is 97.1 Å². The van der Waals surface area contributed by atoms with E-state index in [0.29, 0.717) is 17.5 Å². The second-order valence-corrected chi connectivity index (χ2v) is 18.6.